The van der Waals surface area contributed by atoms with Crippen molar-refractivity contribution >= 4 is 23.8 Å². The number of carbonyl (C=O) groups is 4. The van der Waals surface area contributed by atoms with Gasteiger partial charge in [0.15, 0.2) is 0 Å². The fourth-order valence-corrected chi connectivity index (χ4v) is 4.06. The first kappa shape index (κ1) is 20.7. The Hall–Kier alpha value is -3.52. The Balaban J connectivity index is 1.45. The highest BCUT2D eigenvalue weighted by Gasteiger charge is 2.36. The van der Waals surface area contributed by atoms with Gasteiger partial charge in [-0.1, -0.05) is 42.5 Å². The van der Waals surface area contributed by atoms with Gasteiger partial charge in [-0.25, -0.2) is 4.79 Å². The Bertz CT molecular complexity index is 1040. The van der Waals surface area contributed by atoms with E-state index in [-0.39, 0.29) is 11.8 Å². The summed E-state index contributed by atoms with van der Waals surface area (Å²) in [5.74, 6) is -0.946. The molecule has 2 N–H and O–H groups in total. The summed E-state index contributed by atoms with van der Waals surface area (Å²) >= 11 is 0. The van der Waals surface area contributed by atoms with Gasteiger partial charge in [-0.3, -0.25) is 29.5 Å². The van der Waals surface area contributed by atoms with Crippen LogP contribution < -0.4 is 10.6 Å². The van der Waals surface area contributed by atoms with Crippen molar-refractivity contribution < 1.29 is 19.2 Å². The van der Waals surface area contributed by atoms with Crippen molar-refractivity contribution in [2.24, 2.45) is 0 Å². The highest BCUT2D eigenvalue weighted by molar-refractivity contribution is 6.05. The van der Waals surface area contributed by atoms with Crippen molar-refractivity contribution in [1.82, 2.24) is 20.4 Å². The molecule has 1 unspecified atom stereocenters. The first-order chi connectivity index (χ1) is 14.9. The van der Waals surface area contributed by atoms with E-state index in [1.165, 1.54) is 7.05 Å². The quantitative estimate of drug-likeness (QED) is 0.735. The van der Waals surface area contributed by atoms with Crippen LogP contribution in [0.25, 0.3) is 0 Å². The monoisotopic (exact) mass is 420 g/mol. The van der Waals surface area contributed by atoms with Crippen LogP contribution in [0.4, 0.5) is 4.79 Å². The lowest BCUT2D eigenvalue weighted by Gasteiger charge is -2.29. The van der Waals surface area contributed by atoms with E-state index in [4.69, 9.17) is 0 Å². The molecule has 0 spiro atoms. The van der Waals surface area contributed by atoms with Gasteiger partial charge in [0.05, 0.1) is 6.04 Å². The van der Waals surface area contributed by atoms with Gasteiger partial charge >= 0.3 is 6.03 Å². The Morgan fingerprint density at radius 1 is 1.10 bits per heavy atom. The number of benzene rings is 2. The molecule has 4 rings (SSSR count). The standard InChI is InChI=1S/C23H24N4O4/c1-26(23(31)24-12-15-6-3-2-4-7-15)22(30)17-9-5-8-16-13-27(14-18(16)17)19-10-11-20(28)25-21(19)29/h2-9,19H,10-14H2,1H3,(H,24,31)(H,25,28,29). The zero-order chi connectivity index (χ0) is 22.0. The number of nitrogens with zero attached hydrogens (tertiary/aromatic N) is 2. The Kier molecular flexibility index (Phi) is 5.81. The highest BCUT2D eigenvalue weighted by atomic mass is 16.2. The number of piperidine rings is 1. The van der Waals surface area contributed by atoms with Gasteiger partial charge < -0.3 is 5.32 Å². The summed E-state index contributed by atoms with van der Waals surface area (Å²) in [4.78, 5) is 52.3. The summed E-state index contributed by atoms with van der Waals surface area (Å²) in [6, 6.07) is 14.0. The molecule has 2 aromatic carbocycles. The number of carbonyl (C=O) groups excluding carboxylic acids is 4. The van der Waals surface area contributed by atoms with Crippen molar-refractivity contribution in [3.8, 4) is 0 Å². The normalized spacial score (nSPS) is 18.3. The van der Waals surface area contributed by atoms with Crippen LogP contribution in [0.15, 0.2) is 48.5 Å². The molecule has 2 heterocycles. The van der Waals surface area contributed by atoms with Gasteiger partial charge in [0.2, 0.25) is 11.8 Å². The van der Waals surface area contributed by atoms with Crippen LogP contribution in [0.1, 0.15) is 39.9 Å². The smallest absolute Gasteiger partial charge is 0.324 e. The molecule has 0 bridgehead atoms. The van der Waals surface area contributed by atoms with Gasteiger partial charge in [0, 0.05) is 38.7 Å². The molecule has 1 atom stereocenters. The molecule has 1 fully saturated rings. The predicted molar refractivity (Wildman–Crippen MR) is 113 cm³/mol. The van der Waals surface area contributed by atoms with Crippen LogP contribution in [0.2, 0.25) is 0 Å². The summed E-state index contributed by atoms with van der Waals surface area (Å²) in [6.45, 7) is 1.27. The van der Waals surface area contributed by atoms with Crippen molar-refractivity contribution in [3.63, 3.8) is 0 Å². The summed E-state index contributed by atoms with van der Waals surface area (Å²) in [5.41, 5.74) is 3.16. The number of imide groups is 2. The van der Waals surface area contributed by atoms with Crippen LogP contribution in [-0.4, -0.2) is 46.6 Å². The number of amides is 5. The fraction of sp³-hybridized carbons (Fsp3) is 0.304. The van der Waals surface area contributed by atoms with Gasteiger partial charge in [0.1, 0.15) is 0 Å². The van der Waals surface area contributed by atoms with Crippen LogP contribution in [0, 0.1) is 0 Å². The van der Waals surface area contributed by atoms with E-state index in [1.54, 1.807) is 12.1 Å². The maximum atomic E-state index is 13.1. The van der Waals surface area contributed by atoms with Gasteiger partial charge in [-0.2, -0.15) is 0 Å². The van der Waals surface area contributed by atoms with E-state index in [2.05, 4.69) is 10.6 Å². The van der Waals surface area contributed by atoms with Crippen LogP contribution in [0.3, 0.4) is 0 Å². The lowest BCUT2D eigenvalue weighted by atomic mass is 10.0. The van der Waals surface area contributed by atoms with E-state index in [9.17, 15) is 19.2 Å². The van der Waals surface area contributed by atoms with E-state index in [1.807, 2.05) is 41.3 Å². The van der Waals surface area contributed by atoms with Crippen LogP contribution >= 0.6 is 0 Å². The minimum Gasteiger partial charge on any atom is -0.334 e. The van der Waals surface area contributed by atoms with E-state index in [0.29, 0.717) is 38.0 Å². The average Bonchev–Trinajstić information content (AvgIpc) is 3.21. The van der Waals surface area contributed by atoms with E-state index >= 15 is 0 Å². The molecule has 0 aromatic heterocycles. The molecule has 8 heteroatoms. The maximum absolute atomic E-state index is 13.1. The van der Waals surface area contributed by atoms with E-state index in [0.717, 1.165) is 21.6 Å². The van der Waals surface area contributed by atoms with Crippen molar-refractivity contribution in [2.45, 2.75) is 38.5 Å². The second kappa shape index (κ2) is 8.69. The predicted octanol–water partition coefficient (Wildman–Crippen LogP) is 1.79. The summed E-state index contributed by atoms with van der Waals surface area (Å²) in [5, 5.41) is 5.14. The molecule has 0 saturated carbocycles. The van der Waals surface area contributed by atoms with Crippen LogP contribution in [-0.2, 0) is 29.2 Å². The molecule has 160 valence electrons. The second-order valence-corrected chi connectivity index (χ2v) is 7.82. The SMILES string of the molecule is CN(C(=O)NCc1ccccc1)C(=O)c1cccc2c1CN(C1CCC(=O)NC1=O)C2. The molecule has 1 saturated heterocycles. The molecule has 0 radical (unpaired) electrons. The minimum absolute atomic E-state index is 0.253. The lowest BCUT2D eigenvalue weighted by Crippen LogP contribution is -2.50. The lowest BCUT2D eigenvalue weighted by molar-refractivity contribution is -0.137. The Morgan fingerprint density at radius 2 is 1.87 bits per heavy atom. The van der Waals surface area contributed by atoms with Gasteiger partial charge in [0.25, 0.3) is 5.91 Å². The van der Waals surface area contributed by atoms with Gasteiger partial charge in [-0.05, 0) is 29.2 Å². The van der Waals surface area contributed by atoms with Gasteiger partial charge in [-0.15, -0.1) is 0 Å². The zero-order valence-electron chi connectivity index (χ0n) is 17.3. The highest BCUT2D eigenvalue weighted by Crippen LogP contribution is 2.30. The first-order valence-corrected chi connectivity index (χ1v) is 10.2. The molecule has 2 aromatic rings. The second-order valence-electron chi connectivity index (χ2n) is 7.82. The number of urea groups is 1. The third-order valence-corrected chi connectivity index (χ3v) is 5.78. The molecule has 31 heavy (non-hydrogen) atoms. The maximum Gasteiger partial charge on any atom is 0.324 e. The summed E-state index contributed by atoms with van der Waals surface area (Å²) in [7, 11) is 1.45. The van der Waals surface area contributed by atoms with Crippen molar-refractivity contribution in [2.75, 3.05) is 7.05 Å². The van der Waals surface area contributed by atoms with E-state index < -0.39 is 18.0 Å². The minimum atomic E-state index is -0.480. The summed E-state index contributed by atoms with van der Waals surface area (Å²) < 4.78 is 0. The Morgan fingerprint density at radius 3 is 2.61 bits per heavy atom. The largest absolute Gasteiger partial charge is 0.334 e. The number of hydrogen-bond acceptors (Lipinski definition) is 5. The molecular weight excluding hydrogens is 396 g/mol. The van der Waals surface area contributed by atoms with Crippen molar-refractivity contribution in [3.05, 3.63) is 70.8 Å². The number of hydrogen-bond donors (Lipinski definition) is 2. The fourth-order valence-electron chi connectivity index (χ4n) is 4.06. The topological polar surface area (TPSA) is 98.8 Å². The number of rotatable bonds is 4. The number of fused-ring (bicyclic) bond motifs is 1. The summed E-state index contributed by atoms with van der Waals surface area (Å²) in [6.07, 6.45) is 0.767. The molecule has 5 amide bonds. The molecule has 8 nitrogen and oxygen atoms in total. The van der Waals surface area contributed by atoms with Crippen LogP contribution in [0.5, 0.6) is 0 Å². The molecule has 2 aliphatic rings. The molecule has 0 aliphatic carbocycles. The third kappa shape index (κ3) is 4.34. The average molecular weight is 420 g/mol. The zero-order valence-corrected chi connectivity index (χ0v) is 17.3. The first-order valence-electron chi connectivity index (χ1n) is 10.2. The Labute approximate surface area is 180 Å². The molecule has 2 aliphatic heterocycles. The third-order valence-electron chi connectivity index (χ3n) is 5.78. The molecular formula is C23H24N4O4. The number of nitrogens with one attached hydrogen (secondary N) is 2. The van der Waals surface area contributed by atoms with Crippen molar-refractivity contribution in [1.29, 1.82) is 0 Å².